The van der Waals surface area contributed by atoms with Gasteiger partial charge in [0.1, 0.15) is 0 Å². The van der Waals surface area contributed by atoms with Crippen molar-refractivity contribution in [3.8, 4) is 0 Å². The Morgan fingerprint density at radius 2 is 2.42 bits per heavy atom. The maximum Gasteiger partial charge on any atom is 0.202 e. The van der Waals surface area contributed by atoms with Crippen LogP contribution in [0.3, 0.4) is 0 Å². The van der Waals surface area contributed by atoms with Crippen LogP contribution in [0.2, 0.25) is 5.15 Å². The van der Waals surface area contributed by atoms with Crippen LogP contribution in [0.15, 0.2) is 0 Å². The molecular weight excluding hydrogens is 174 g/mol. The highest BCUT2D eigenvalue weighted by Gasteiger charge is 2.21. The molecule has 0 aromatic carbocycles. The number of nitrogen functional groups attached to an aromatic ring is 1. The third-order valence-electron chi connectivity index (χ3n) is 2.46. The molecular formula is C8H12ClN3. The van der Waals surface area contributed by atoms with Crippen LogP contribution < -0.4 is 5.73 Å². The fourth-order valence-corrected chi connectivity index (χ4v) is 2.14. The molecule has 1 aliphatic rings. The second-order valence-electron chi connectivity index (χ2n) is 3.32. The molecule has 0 saturated carbocycles. The van der Waals surface area contributed by atoms with Crippen molar-refractivity contribution in [1.82, 2.24) is 9.55 Å². The number of hydrogen-bond acceptors (Lipinski definition) is 2. The minimum atomic E-state index is 0.453. The first kappa shape index (κ1) is 7.92. The van der Waals surface area contributed by atoms with Crippen molar-refractivity contribution >= 4 is 17.5 Å². The number of imidazole rings is 1. The first-order valence-electron chi connectivity index (χ1n) is 4.22. The van der Waals surface area contributed by atoms with Gasteiger partial charge in [0.15, 0.2) is 5.15 Å². The Kier molecular flexibility index (Phi) is 1.76. The first-order chi connectivity index (χ1) is 5.70. The van der Waals surface area contributed by atoms with Crippen molar-refractivity contribution in [2.24, 2.45) is 0 Å². The zero-order chi connectivity index (χ0) is 8.72. The van der Waals surface area contributed by atoms with E-state index in [-0.39, 0.29) is 0 Å². The summed E-state index contributed by atoms with van der Waals surface area (Å²) in [6.45, 7) is 2.15. The topological polar surface area (TPSA) is 43.8 Å². The van der Waals surface area contributed by atoms with E-state index in [1.807, 2.05) is 4.57 Å². The molecule has 0 fully saturated rings. The summed E-state index contributed by atoms with van der Waals surface area (Å²) in [4.78, 5) is 4.05. The maximum atomic E-state index is 5.92. The van der Waals surface area contributed by atoms with Gasteiger partial charge in [0.2, 0.25) is 5.95 Å². The summed E-state index contributed by atoms with van der Waals surface area (Å²) >= 11 is 5.92. The Balaban J connectivity index is 2.55. The lowest BCUT2D eigenvalue weighted by molar-refractivity contribution is 0.437. The molecule has 12 heavy (non-hydrogen) atoms. The maximum absolute atomic E-state index is 5.92. The average Bonchev–Trinajstić information content (AvgIpc) is 2.29. The molecule has 0 saturated heterocycles. The Bertz CT molecular complexity index is 305. The molecule has 0 amide bonds. The average molecular weight is 186 g/mol. The van der Waals surface area contributed by atoms with Crippen LogP contribution in [0.5, 0.6) is 0 Å². The summed E-state index contributed by atoms with van der Waals surface area (Å²) in [5, 5.41) is 0.582. The lowest BCUT2D eigenvalue weighted by atomic mass is 10.0. The molecule has 4 heteroatoms. The van der Waals surface area contributed by atoms with Crippen molar-refractivity contribution in [2.75, 3.05) is 5.73 Å². The van der Waals surface area contributed by atoms with Gasteiger partial charge in [-0.3, -0.25) is 0 Å². The van der Waals surface area contributed by atoms with Crippen molar-refractivity contribution in [1.29, 1.82) is 0 Å². The molecule has 1 atom stereocenters. The minimum Gasteiger partial charge on any atom is -0.369 e. The Labute approximate surface area is 76.5 Å². The predicted octanol–water partition coefficient (Wildman–Crippen LogP) is 2.02. The van der Waals surface area contributed by atoms with Gasteiger partial charge >= 0.3 is 0 Å². The van der Waals surface area contributed by atoms with E-state index in [9.17, 15) is 0 Å². The van der Waals surface area contributed by atoms with E-state index < -0.39 is 0 Å². The lowest BCUT2D eigenvalue weighted by Gasteiger charge is -2.22. The van der Waals surface area contributed by atoms with E-state index in [4.69, 9.17) is 17.3 Å². The number of anilines is 1. The molecule has 66 valence electrons. The summed E-state index contributed by atoms with van der Waals surface area (Å²) in [5.41, 5.74) is 6.82. The molecule has 3 nitrogen and oxygen atoms in total. The fraction of sp³-hybridized carbons (Fsp3) is 0.625. The van der Waals surface area contributed by atoms with E-state index >= 15 is 0 Å². The van der Waals surface area contributed by atoms with Crippen LogP contribution in [0.25, 0.3) is 0 Å². The smallest absolute Gasteiger partial charge is 0.202 e. The van der Waals surface area contributed by atoms with Gasteiger partial charge in [-0.05, 0) is 26.2 Å². The zero-order valence-corrected chi connectivity index (χ0v) is 7.80. The van der Waals surface area contributed by atoms with E-state index in [2.05, 4.69) is 11.9 Å². The van der Waals surface area contributed by atoms with Crippen LogP contribution in [-0.2, 0) is 6.42 Å². The Hall–Kier alpha value is -0.700. The van der Waals surface area contributed by atoms with E-state index in [0.29, 0.717) is 17.1 Å². The summed E-state index contributed by atoms with van der Waals surface area (Å²) in [6, 6.07) is 0.453. The summed E-state index contributed by atoms with van der Waals surface area (Å²) in [5.74, 6) is 0.558. The van der Waals surface area contributed by atoms with Crippen molar-refractivity contribution < 1.29 is 0 Å². The molecule has 0 spiro atoms. The molecule has 0 aliphatic carbocycles. The molecule has 0 radical (unpaired) electrons. The fourth-order valence-electron chi connectivity index (χ4n) is 1.87. The van der Waals surface area contributed by atoms with E-state index in [1.165, 1.54) is 12.8 Å². The standard InChI is InChI=1S/C8H12ClN3/c1-5-3-2-4-6-7(9)11-8(10)12(5)6/h5H,2-4H2,1H3,(H2,10,11). The lowest BCUT2D eigenvalue weighted by Crippen LogP contribution is -2.16. The van der Waals surface area contributed by atoms with Gasteiger partial charge in [0.05, 0.1) is 5.69 Å². The number of nitrogens with zero attached hydrogens (tertiary/aromatic N) is 2. The number of aromatic nitrogens is 2. The van der Waals surface area contributed by atoms with Gasteiger partial charge in [0.25, 0.3) is 0 Å². The highest BCUT2D eigenvalue weighted by atomic mass is 35.5. The molecule has 1 aromatic rings. The second-order valence-corrected chi connectivity index (χ2v) is 3.68. The van der Waals surface area contributed by atoms with Gasteiger partial charge in [0, 0.05) is 6.04 Å². The van der Waals surface area contributed by atoms with E-state index in [1.54, 1.807) is 0 Å². The normalized spacial score (nSPS) is 22.3. The monoisotopic (exact) mass is 185 g/mol. The van der Waals surface area contributed by atoms with Crippen LogP contribution in [0, 0.1) is 0 Å². The van der Waals surface area contributed by atoms with E-state index in [0.717, 1.165) is 12.1 Å². The Morgan fingerprint density at radius 3 is 3.08 bits per heavy atom. The summed E-state index contributed by atoms with van der Waals surface area (Å²) < 4.78 is 2.05. The molecule has 0 bridgehead atoms. The molecule has 2 heterocycles. The van der Waals surface area contributed by atoms with Crippen molar-refractivity contribution in [3.63, 3.8) is 0 Å². The highest BCUT2D eigenvalue weighted by molar-refractivity contribution is 6.30. The second kappa shape index (κ2) is 2.66. The van der Waals surface area contributed by atoms with Gasteiger partial charge < -0.3 is 10.3 Å². The number of hydrogen-bond donors (Lipinski definition) is 1. The third kappa shape index (κ3) is 1.00. The van der Waals surface area contributed by atoms with Crippen LogP contribution >= 0.6 is 11.6 Å². The molecule has 2 N–H and O–H groups in total. The van der Waals surface area contributed by atoms with Gasteiger partial charge in [-0.1, -0.05) is 11.6 Å². The first-order valence-corrected chi connectivity index (χ1v) is 4.60. The highest BCUT2D eigenvalue weighted by Crippen LogP contribution is 2.31. The molecule has 1 aliphatic heterocycles. The minimum absolute atomic E-state index is 0.453. The number of rotatable bonds is 0. The SMILES string of the molecule is CC1CCCc2c(Cl)nc(N)n21. The predicted molar refractivity (Wildman–Crippen MR) is 49.3 cm³/mol. The number of nitrogens with two attached hydrogens (primary N) is 1. The Morgan fingerprint density at radius 1 is 1.67 bits per heavy atom. The van der Waals surface area contributed by atoms with Gasteiger partial charge in [-0.2, -0.15) is 0 Å². The number of fused-ring (bicyclic) bond motifs is 1. The summed E-state index contributed by atoms with van der Waals surface area (Å²) in [6.07, 6.45) is 3.36. The zero-order valence-electron chi connectivity index (χ0n) is 7.05. The quantitative estimate of drug-likeness (QED) is 0.672. The largest absolute Gasteiger partial charge is 0.369 e. The summed E-state index contributed by atoms with van der Waals surface area (Å²) in [7, 11) is 0. The molecule has 1 aromatic heterocycles. The van der Waals surface area contributed by atoms with Crippen LogP contribution in [0.4, 0.5) is 5.95 Å². The third-order valence-corrected chi connectivity index (χ3v) is 2.77. The van der Waals surface area contributed by atoms with Crippen LogP contribution in [-0.4, -0.2) is 9.55 Å². The molecule has 1 unspecified atom stereocenters. The number of halogens is 1. The van der Waals surface area contributed by atoms with Gasteiger partial charge in [-0.15, -0.1) is 0 Å². The van der Waals surface area contributed by atoms with Crippen LogP contribution in [0.1, 0.15) is 31.5 Å². The van der Waals surface area contributed by atoms with Crippen molar-refractivity contribution in [2.45, 2.75) is 32.2 Å². The van der Waals surface area contributed by atoms with Crippen molar-refractivity contribution in [3.05, 3.63) is 10.8 Å². The molecule has 2 rings (SSSR count). The van der Waals surface area contributed by atoms with Gasteiger partial charge in [-0.25, -0.2) is 4.98 Å².